The highest BCUT2D eigenvalue weighted by Gasteiger charge is 2.36. The number of rotatable bonds is 2. The topological polar surface area (TPSA) is 49.3 Å². The summed E-state index contributed by atoms with van der Waals surface area (Å²) in [5.41, 5.74) is 5.87. The number of nitrogens with one attached hydrogen (secondary N) is 1. The molecule has 0 bridgehead atoms. The summed E-state index contributed by atoms with van der Waals surface area (Å²) in [6.45, 7) is 0. The van der Waals surface area contributed by atoms with Crippen LogP contribution in [0.1, 0.15) is 25.7 Å². The highest BCUT2D eigenvalue weighted by atomic mass is 16.3. The zero-order valence-corrected chi connectivity index (χ0v) is 10.1. The van der Waals surface area contributed by atoms with Crippen molar-refractivity contribution in [2.24, 2.45) is 0 Å². The van der Waals surface area contributed by atoms with Gasteiger partial charge in [-0.05, 0) is 60.1 Å². The van der Waals surface area contributed by atoms with Gasteiger partial charge in [0.1, 0.15) is 0 Å². The summed E-state index contributed by atoms with van der Waals surface area (Å²) in [6, 6.07) is -0.0701. The van der Waals surface area contributed by atoms with E-state index in [4.69, 9.17) is 0 Å². The van der Waals surface area contributed by atoms with Gasteiger partial charge in [-0.2, -0.15) is 0 Å². The van der Waals surface area contributed by atoms with E-state index < -0.39 is 0 Å². The fourth-order valence-corrected chi connectivity index (χ4v) is 3.19. The summed E-state index contributed by atoms with van der Waals surface area (Å²) in [7, 11) is 0. The van der Waals surface area contributed by atoms with Gasteiger partial charge in [0.15, 0.2) is 0 Å². The normalized spacial score (nSPS) is 31.7. The Balaban J connectivity index is 1.57. The summed E-state index contributed by atoms with van der Waals surface area (Å²) >= 11 is 0. The Bertz CT molecular complexity index is 577. The van der Waals surface area contributed by atoms with Crippen molar-refractivity contribution in [3.05, 3.63) is 46.1 Å². The molecule has 0 aromatic rings. The molecule has 0 saturated heterocycles. The number of amides is 1. The Hall–Kier alpha value is -1.61. The Kier molecular flexibility index (Phi) is 1.98. The average Bonchev–Trinajstić information content (AvgIpc) is 2.72. The first-order valence-corrected chi connectivity index (χ1v) is 6.60. The maximum absolute atomic E-state index is 12.2. The highest BCUT2D eigenvalue weighted by molar-refractivity contribution is 6.02. The van der Waals surface area contributed by atoms with Crippen LogP contribution in [-0.2, 0) is 4.79 Å². The minimum Gasteiger partial charge on any atom is -0.391 e. The lowest BCUT2D eigenvalue weighted by atomic mass is 10.1. The predicted octanol–water partition coefficient (Wildman–Crippen LogP) is 1.52. The molecule has 0 aromatic carbocycles. The summed E-state index contributed by atoms with van der Waals surface area (Å²) in [4.78, 5) is 12.2. The molecule has 0 unspecified atom stereocenters. The van der Waals surface area contributed by atoms with Crippen molar-refractivity contribution in [2.45, 2.75) is 37.8 Å². The van der Waals surface area contributed by atoms with E-state index in [1.807, 2.05) is 12.2 Å². The molecule has 0 heterocycles. The molecule has 2 fully saturated rings. The molecule has 2 atom stereocenters. The van der Waals surface area contributed by atoms with E-state index in [9.17, 15) is 9.90 Å². The molecular formula is C15H15NO2. The third-order valence-electron chi connectivity index (χ3n) is 4.31. The standard InChI is InChI=1S/C15H15NO2/c17-14-3-1-2-13(14)16-15(18)10-5-4-9-11-6-8(11)7-12(9)10/h4-5,7,13-14,17H,1-3,6H2,(H,16,18)/t13-,14-/m0/s1. The molecule has 0 aliphatic heterocycles. The van der Waals surface area contributed by atoms with Gasteiger partial charge in [0, 0.05) is 5.57 Å². The molecule has 4 rings (SSSR count). The van der Waals surface area contributed by atoms with Gasteiger partial charge in [0.05, 0.1) is 12.1 Å². The lowest BCUT2D eigenvalue weighted by Crippen LogP contribution is -2.40. The van der Waals surface area contributed by atoms with Crippen molar-refractivity contribution >= 4 is 5.91 Å². The minimum absolute atomic E-state index is 0.0408. The zero-order valence-electron chi connectivity index (χ0n) is 10.1. The fraction of sp³-hybridized carbons (Fsp3) is 0.400. The number of aliphatic hydroxyl groups excluding tert-OH is 1. The van der Waals surface area contributed by atoms with Crippen molar-refractivity contribution in [1.29, 1.82) is 0 Å². The lowest BCUT2D eigenvalue weighted by Gasteiger charge is -2.16. The van der Waals surface area contributed by atoms with Crippen LogP contribution in [0.4, 0.5) is 0 Å². The van der Waals surface area contributed by atoms with E-state index in [0.29, 0.717) is 0 Å². The molecule has 0 aromatic heterocycles. The lowest BCUT2D eigenvalue weighted by molar-refractivity contribution is -0.118. The molecule has 2 saturated carbocycles. The zero-order chi connectivity index (χ0) is 12.3. The largest absolute Gasteiger partial charge is 0.391 e. The number of hydrogen-bond donors (Lipinski definition) is 2. The maximum Gasteiger partial charge on any atom is 0.252 e. The minimum atomic E-state index is -0.377. The van der Waals surface area contributed by atoms with Gasteiger partial charge >= 0.3 is 0 Å². The number of allylic oxidation sites excluding steroid dienone is 6. The van der Waals surface area contributed by atoms with Crippen molar-refractivity contribution < 1.29 is 9.90 Å². The van der Waals surface area contributed by atoms with Crippen LogP contribution in [0.3, 0.4) is 0 Å². The van der Waals surface area contributed by atoms with Gasteiger partial charge in [-0.15, -0.1) is 0 Å². The van der Waals surface area contributed by atoms with Crippen LogP contribution in [0.15, 0.2) is 46.1 Å². The number of carbonyl (C=O) groups excluding carboxylic acids is 1. The van der Waals surface area contributed by atoms with Gasteiger partial charge in [-0.25, -0.2) is 0 Å². The highest BCUT2D eigenvalue weighted by Crippen LogP contribution is 2.51. The number of fused-ring (bicyclic) bond motifs is 2. The average molecular weight is 241 g/mol. The summed E-state index contributed by atoms with van der Waals surface area (Å²) in [6.07, 6.45) is 9.47. The molecule has 92 valence electrons. The molecule has 3 nitrogen and oxygen atoms in total. The molecule has 4 aliphatic carbocycles. The third kappa shape index (κ3) is 1.37. The Morgan fingerprint density at radius 3 is 2.94 bits per heavy atom. The van der Waals surface area contributed by atoms with Gasteiger partial charge in [0.2, 0.25) is 0 Å². The molecule has 1 amide bonds. The van der Waals surface area contributed by atoms with Crippen LogP contribution in [0, 0.1) is 0 Å². The summed E-state index contributed by atoms with van der Waals surface area (Å²) in [5, 5.41) is 12.7. The second-order valence-corrected chi connectivity index (χ2v) is 5.48. The van der Waals surface area contributed by atoms with Gasteiger partial charge in [-0.1, -0.05) is 6.08 Å². The molecule has 0 radical (unpaired) electrons. The SMILES string of the molecule is O=C(N[C@H]1CCC[C@@H]1O)C1=C2C=C3CC3=C2C=C1. The van der Waals surface area contributed by atoms with E-state index in [0.717, 1.165) is 36.8 Å². The van der Waals surface area contributed by atoms with Crippen LogP contribution < -0.4 is 5.32 Å². The Labute approximate surface area is 106 Å². The third-order valence-corrected chi connectivity index (χ3v) is 4.31. The molecule has 4 aliphatic rings. The molecule has 0 spiro atoms. The van der Waals surface area contributed by atoms with Gasteiger partial charge < -0.3 is 10.4 Å². The van der Waals surface area contributed by atoms with E-state index in [1.54, 1.807) is 0 Å². The van der Waals surface area contributed by atoms with Crippen molar-refractivity contribution in [3.8, 4) is 0 Å². The smallest absolute Gasteiger partial charge is 0.252 e. The fourth-order valence-electron chi connectivity index (χ4n) is 3.19. The monoisotopic (exact) mass is 241 g/mol. The van der Waals surface area contributed by atoms with Crippen molar-refractivity contribution in [3.63, 3.8) is 0 Å². The quantitative estimate of drug-likeness (QED) is 0.770. The van der Waals surface area contributed by atoms with Crippen LogP contribution in [0.5, 0.6) is 0 Å². The van der Waals surface area contributed by atoms with Crippen LogP contribution >= 0.6 is 0 Å². The first-order chi connectivity index (χ1) is 8.74. The number of carbonyl (C=O) groups is 1. The van der Waals surface area contributed by atoms with Crippen molar-refractivity contribution in [1.82, 2.24) is 5.32 Å². The number of aliphatic hydroxyl groups is 1. The Morgan fingerprint density at radius 1 is 1.28 bits per heavy atom. The molecular weight excluding hydrogens is 226 g/mol. The van der Waals surface area contributed by atoms with E-state index in [-0.39, 0.29) is 18.1 Å². The second kappa shape index (κ2) is 3.45. The predicted molar refractivity (Wildman–Crippen MR) is 67.7 cm³/mol. The van der Waals surface area contributed by atoms with Crippen molar-refractivity contribution in [2.75, 3.05) is 0 Å². The maximum atomic E-state index is 12.2. The van der Waals surface area contributed by atoms with E-state index in [2.05, 4.69) is 11.4 Å². The first kappa shape index (κ1) is 10.3. The van der Waals surface area contributed by atoms with Gasteiger partial charge in [0.25, 0.3) is 5.91 Å². The molecule has 2 N–H and O–H groups in total. The number of hydrogen-bond acceptors (Lipinski definition) is 2. The second-order valence-electron chi connectivity index (χ2n) is 5.48. The van der Waals surface area contributed by atoms with Crippen LogP contribution in [0.25, 0.3) is 0 Å². The van der Waals surface area contributed by atoms with Crippen LogP contribution in [-0.4, -0.2) is 23.2 Å². The van der Waals surface area contributed by atoms with E-state index >= 15 is 0 Å². The summed E-state index contributed by atoms with van der Waals surface area (Å²) < 4.78 is 0. The molecule has 18 heavy (non-hydrogen) atoms. The summed E-state index contributed by atoms with van der Waals surface area (Å²) in [5.74, 6) is -0.0408. The van der Waals surface area contributed by atoms with Crippen LogP contribution in [0.2, 0.25) is 0 Å². The van der Waals surface area contributed by atoms with E-state index in [1.165, 1.54) is 16.7 Å². The first-order valence-electron chi connectivity index (χ1n) is 6.60. The van der Waals surface area contributed by atoms with Gasteiger partial charge in [-0.3, -0.25) is 4.79 Å². The molecule has 3 heteroatoms. The Morgan fingerprint density at radius 2 is 2.17 bits per heavy atom.